The largest absolute Gasteiger partial charge is 0.481 e. The lowest BCUT2D eigenvalue weighted by atomic mass is 9.33. The molecule has 386 valence electrons. The number of carbonyl (C=O) groups excluding carboxylic acids is 2. The second-order valence-corrected chi connectivity index (χ2v) is 23.5. The lowest BCUT2D eigenvalue weighted by Crippen LogP contribution is -2.67. The standard InChI is InChI=1S/C50H78O18/c1-24-34(56)35(57)36(58)41(62-24)68-39-37(67-43-40(64-26(3)54)38(63-25(2)53)30(21-51)65-43)29(55)22-61-42(39)66-33-13-14-46(6)31(47(33,7)23-52)12-15-49(9)32(46)11-10-27-28-20-45(4,5)16-18-50(28,44(59)60)19-17-48(27,49)8/h10,24,28-43,51-52,55-58H,11-23H2,1-9H3,(H,59,60)/t24-,28-,29-,30-,31+,32+,33-,34-,35+,36+,37-,38-,39+,40+,41-,42+,43-,46-,47-,48+,49+,50-/m0/s1. The quantitative estimate of drug-likeness (QED) is 0.0891. The van der Waals surface area contributed by atoms with E-state index in [1.165, 1.54) is 12.5 Å². The van der Waals surface area contributed by atoms with Gasteiger partial charge >= 0.3 is 17.9 Å². The molecule has 3 heterocycles. The van der Waals surface area contributed by atoms with Crippen molar-refractivity contribution in [3.63, 3.8) is 0 Å². The molecule has 68 heavy (non-hydrogen) atoms. The van der Waals surface area contributed by atoms with Gasteiger partial charge in [-0.15, -0.1) is 0 Å². The van der Waals surface area contributed by atoms with Crippen molar-refractivity contribution in [3.8, 4) is 0 Å². The molecule has 0 aromatic rings. The van der Waals surface area contributed by atoms with E-state index in [0.717, 1.165) is 58.8 Å². The highest BCUT2D eigenvalue weighted by atomic mass is 16.8. The van der Waals surface area contributed by atoms with Crippen LogP contribution in [0.2, 0.25) is 0 Å². The fraction of sp³-hybridized carbons (Fsp3) is 0.900. The number of carboxylic acids is 1. The summed E-state index contributed by atoms with van der Waals surface area (Å²) in [6, 6.07) is 0. The minimum absolute atomic E-state index is 0.0227. The fourth-order valence-corrected chi connectivity index (χ4v) is 15.2. The normalized spacial score (nSPS) is 50.9. The van der Waals surface area contributed by atoms with Gasteiger partial charge in [0.2, 0.25) is 0 Å². The molecule has 4 saturated carbocycles. The predicted molar refractivity (Wildman–Crippen MR) is 238 cm³/mol. The van der Waals surface area contributed by atoms with E-state index < -0.39 is 121 Å². The highest BCUT2D eigenvalue weighted by molar-refractivity contribution is 5.76. The Balaban J connectivity index is 1.09. The average molecular weight is 967 g/mol. The number of rotatable bonds is 11. The Morgan fingerprint density at radius 1 is 0.721 bits per heavy atom. The SMILES string of the molecule is CC(=O)O[C@@H]1[C@@H](OC(C)=O)[C@H](O[C@@H]2[C@@H](O[C@@H]3O[C@@H](C)[C@H](O)[C@@H](O)[C@H]3O)[C@@H](O[C@H]3CC[C@@]4(C)[C@@H](CC[C@]5(C)[C@@H]4CC=C4[C@@H]6CC(C)(C)CC[C@]6(C(=O)O)CC[C@]45C)[C@]3(C)CO)OC[C@@H]2O)O[C@H]1CO. The smallest absolute Gasteiger partial charge is 0.310 e. The van der Waals surface area contributed by atoms with Crippen LogP contribution in [0.5, 0.6) is 0 Å². The van der Waals surface area contributed by atoms with Crippen molar-refractivity contribution in [2.75, 3.05) is 19.8 Å². The summed E-state index contributed by atoms with van der Waals surface area (Å²) >= 11 is 0. The Bertz CT molecular complexity index is 1930. The summed E-state index contributed by atoms with van der Waals surface area (Å²) in [5.41, 5.74) is -0.817. The van der Waals surface area contributed by atoms with E-state index in [4.69, 9.17) is 37.9 Å². The van der Waals surface area contributed by atoms with Crippen LogP contribution < -0.4 is 0 Å². The van der Waals surface area contributed by atoms with Crippen molar-refractivity contribution >= 4 is 17.9 Å². The Morgan fingerprint density at radius 3 is 2.03 bits per heavy atom. The first kappa shape index (κ1) is 52.0. The van der Waals surface area contributed by atoms with Gasteiger partial charge in [0.1, 0.15) is 42.7 Å². The summed E-state index contributed by atoms with van der Waals surface area (Å²) in [6.07, 6.45) is -9.35. The van der Waals surface area contributed by atoms with Gasteiger partial charge in [0.15, 0.2) is 31.1 Å². The number of aliphatic carboxylic acids is 1. The molecule has 0 aromatic heterocycles. The van der Waals surface area contributed by atoms with Gasteiger partial charge in [-0.25, -0.2) is 0 Å². The molecule has 0 spiro atoms. The van der Waals surface area contributed by atoms with Gasteiger partial charge in [0, 0.05) is 19.3 Å². The lowest BCUT2D eigenvalue weighted by molar-refractivity contribution is -0.378. The molecule has 8 rings (SSSR count). The molecule has 0 radical (unpaired) electrons. The van der Waals surface area contributed by atoms with Gasteiger partial charge in [-0.05, 0) is 111 Å². The number of carbonyl (C=O) groups is 3. The van der Waals surface area contributed by atoms with Crippen LogP contribution in [0, 0.1) is 50.2 Å². The average Bonchev–Trinajstić information content (AvgIpc) is 3.58. The van der Waals surface area contributed by atoms with Crippen LogP contribution in [0.4, 0.5) is 0 Å². The first-order valence-electron chi connectivity index (χ1n) is 24.9. The Hall–Kier alpha value is -2.33. The van der Waals surface area contributed by atoms with Gasteiger partial charge in [-0.2, -0.15) is 0 Å². The van der Waals surface area contributed by atoms with Gasteiger partial charge in [-0.1, -0.05) is 53.2 Å². The Kier molecular flexibility index (Phi) is 14.2. The van der Waals surface area contributed by atoms with E-state index in [2.05, 4.69) is 40.7 Å². The molecule has 8 aliphatic rings. The zero-order valence-corrected chi connectivity index (χ0v) is 41.2. The summed E-state index contributed by atoms with van der Waals surface area (Å²) in [5.74, 6) is -2.01. The molecular formula is C50H78O18. The molecule has 18 nitrogen and oxygen atoms in total. The third kappa shape index (κ3) is 8.39. The fourth-order valence-electron chi connectivity index (χ4n) is 15.2. The molecule has 0 aromatic carbocycles. The second-order valence-electron chi connectivity index (χ2n) is 23.5. The van der Waals surface area contributed by atoms with Crippen LogP contribution in [0.25, 0.3) is 0 Å². The molecule has 0 amide bonds. The summed E-state index contributed by atoms with van der Waals surface area (Å²) in [7, 11) is 0. The number of hydrogen-bond acceptors (Lipinski definition) is 17. The number of fused-ring (bicyclic) bond motifs is 7. The highest BCUT2D eigenvalue weighted by Gasteiger charge is 2.70. The molecule has 18 heteroatoms. The van der Waals surface area contributed by atoms with Crippen LogP contribution in [0.3, 0.4) is 0 Å². The zero-order chi connectivity index (χ0) is 49.7. The third-order valence-electron chi connectivity index (χ3n) is 19.3. The number of aliphatic hydroxyl groups is 6. The van der Waals surface area contributed by atoms with E-state index in [0.29, 0.717) is 19.3 Å². The van der Waals surface area contributed by atoms with Gasteiger partial charge < -0.3 is 73.6 Å². The maximum absolute atomic E-state index is 13.2. The van der Waals surface area contributed by atoms with Crippen molar-refractivity contribution in [1.82, 2.24) is 0 Å². The number of allylic oxidation sites excluding steroid dienone is 2. The number of aliphatic hydroxyl groups excluding tert-OH is 6. The predicted octanol–water partition coefficient (Wildman–Crippen LogP) is 3.13. The molecule has 7 N–H and O–H groups in total. The summed E-state index contributed by atoms with van der Waals surface area (Å²) < 4.78 is 48.7. The highest BCUT2D eigenvalue weighted by Crippen LogP contribution is 2.76. The Labute approximate surface area is 399 Å². The van der Waals surface area contributed by atoms with Crippen LogP contribution in [0.15, 0.2) is 11.6 Å². The van der Waals surface area contributed by atoms with E-state index >= 15 is 0 Å². The number of hydrogen-bond donors (Lipinski definition) is 7. The molecule has 0 unspecified atom stereocenters. The molecule has 7 fully saturated rings. The van der Waals surface area contributed by atoms with Crippen molar-refractivity contribution in [2.24, 2.45) is 50.2 Å². The van der Waals surface area contributed by atoms with Crippen molar-refractivity contribution in [3.05, 3.63) is 11.6 Å². The third-order valence-corrected chi connectivity index (χ3v) is 19.3. The van der Waals surface area contributed by atoms with Gasteiger partial charge in [0.05, 0.1) is 37.4 Å². The zero-order valence-electron chi connectivity index (χ0n) is 41.2. The maximum atomic E-state index is 13.2. The monoisotopic (exact) mass is 967 g/mol. The van der Waals surface area contributed by atoms with Crippen LogP contribution in [0.1, 0.15) is 127 Å². The van der Waals surface area contributed by atoms with Crippen LogP contribution in [-0.4, -0.2) is 159 Å². The second kappa shape index (κ2) is 18.6. The summed E-state index contributed by atoms with van der Waals surface area (Å²) in [6.45, 7) is 16.3. The molecule has 0 bridgehead atoms. The maximum Gasteiger partial charge on any atom is 0.310 e. The van der Waals surface area contributed by atoms with Crippen LogP contribution >= 0.6 is 0 Å². The van der Waals surface area contributed by atoms with E-state index in [1.54, 1.807) is 0 Å². The topological polar surface area (TPSA) is 267 Å². The van der Waals surface area contributed by atoms with Gasteiger partial charge in [0.25, 0.3) is 0 Å². The van der Waals surface area contributed by atoms with Crippen molar-refractivity contribution in [2.45, 2.75) is 213 Å². The van der Waals surface area contributed by atoms with Gasteiger partial charge in [-0.3, -0.25) is 14.4 Å². The van der Waals surface area contributed by atoms with E-state index in [-0.39, 0.29) is 52.6 Å². The Morgan fingerprint density at radius 2 is 1.38 bits per heavy atom. The number of carboxylic acid groups (broad SMARTS) is 1. The molecule has 3 aliphatic heterocycles. The van der Waals surface area contributed by atoms with Crippen molar-refractivity contribution < 1.29 is 88.0 Å². The lowest BCUT2D eigenvalue weighted by Gasteiger charge is -2.71. The number of esters is 2. The van der Waals surface area contributed by atoms with Crippen molar-refractivity contribution in [1.29, 1.82) is 0 Å². The molecular weight excluding hydrogens is 889 g/mol. The number of ether oxygens (including phenoxy) is 8. The minimum atomic E-state index is -1.78. The molecule has 3 saturated heterocycles. The van der Waals surface area contributed by atoms with E-state index in [1.807, 2.05) is 6.92 Å². The van der Waals surface area contributed by atoms with E-state index in [9.17, 15) is 50.1 Å². The first-order chi connectivity index (χ1) is 31.8. The first-order valence-corrected chi connectivity index (χ1v) is 24.9. The molecule has 22 atom stereocenters. The summed E-state index contributed by atoms with van der Waals surface area (Å²) in [5, 5.41) is 76.8. The molecule has 5 aliphatic carbocycles. The van der Waals surface area contributed by atoms with Crippen LogP contribution in [-0.2, 0) is 52.3 Å². The summed E-state index contributed by atoms with van der Waals surface area (Å²) in [4.78, 5) is 37.7. The minimum Gasteiger partial charge on any atom is -0.481 e.